The van der Waals surface area contributed by atoms with Crippen LogP contribution in [-0.4, -0.2) is 23.4 Å². The Bertz CT molecular complexity index is 196. The molecule has 0 unspecified atom stereocenters. The molecule has 0 aromatic heterocycles. The highest BCUT2D eigenvalue weighted by atomic mass is 16.2. The molecule has 0 fully saturated rings. The highest BCUT2D eigenvalue weighted by Gasteiger charge is 2.17. The van der Waals surface area contributed by atoms with Crippen molar-refractivity contribution in [1.82, 2.24) is 4.90 Å². The lowest BCUT2D eigenvalue weighted by Crippen LogP contribution is -2.38. The van der Waals surface area contributed by atoms with Crippen LogP contribution in [0.5, 0.6) is 0 Å². The molecule has 0 aromatic rings. The molecule has 2 nitrogen and oxygen atoms in total. The van der Waals surface area contributed by atoms with E-state index in [1.165, 1.54) is 0 Å². The zero-order chi connectivity index (χ0) is 11.1. The predicted molar refractivity (Wildman–Crippen MR) is 61.2 cm³/mol. The maximum Gasteiger partial charge on any atom is 0.249 e. The molecule has 0 saturated heterocycles. The molecule has 0 radical (unpaired) electrons. The van der Waals surface area contributed by atoms with E-state index in [1.807, 2.05) is 11.8 Å². The molecule has 0 spiro atoms. The van der Waals surface area contributed by atoms with Gasteiger partial charge in [-0.3, -0.25) is 4.79 Å². The summed E-state index contributed by atoms with van der Waals surface area (Å²) in [5.41, 5.74) is 0.717. The van der Waals surface area contributed by atoms with E-state index >= 15 is 0 Å². The molecule has 0 rings (SSSR count). The first kappa shape index (κ1) is 13.2. The van der Waals surface area contributed by atoms with E-state index in [0.717, 1.165) is 31.4 Å². The molecular weight excluding hydrogens is 174 g/mol. The topological polar surface area (TPSA) is 20.3 Å². The van der Waals surface area contributed by atoms with Crippen LogP contribution in [0.3, 0.4) is 0 Å². The molecule has 0 aromatic carbocycles. The Morgan fingerprint density at radius 3 is 2.29 bits per heavy atom. The Morgan fingerprint density at radius 1 is 1.36 bits per heavy atom. The van der Waals surface area contributed by atoms with Gasteiger partial charge in [0.05, 0.1) is 0 Å². The van der Waals surface area contributed by atoms with E-state index in [9.17, 15) is 4.79 Å². The monoisotopic (exact) mass is 197 g/mol. The molecule has 0 aliphatic carbocycles. The van der Waals surface area contributed by atoms with Gasteiger partial charge in [-0.2, -0.15) is 0 Å². The van der Waals surface area contributed by atoms with Crippen molar-refractivity contribution >= 4 is 5.91 Å². The van der Waals surface area contributed by atoms with E-state index in [4.69, 9.17) is 0 Å². The van der Waals surface area contributed by atoms with Gasteiger partial charge >= 0.3 is 0 Å². The second-order valence-corrected chi connectivity index (χ2v) is 3.90. The lowest BCUT2D eigenvalue weighted by molar-refractivity contribution is -0.128. The summed E-state index contributed by atoms with van der Waals surface area (Å²) < 4.78 is 0. The van der Waals surface area contributed by atoms with Crippen LogP contribution in [0.15, 0.2) is 12.2 Å². The first-order valence-corrected chi connectivity index (χ1v) is 5.53. The number of carbonyl (C=O) groups excluding carboxylic acids is 1. The van der Waals surface area contributed by atoms with Crippen LogP contribution in [0, 0.1) is 0 Å². The van der Waals surface area contributed by atoms with Crippen molar-refractivity contribution in [3.8, 4) is 0 Å². The van der Waals surface area contributed by atoms with E-state index < -0.39 is 0 Å². The molecule has 1 amide bonds. The van der Waals surface area contributed by atoms with E-state index in [1.54, 1.807) is 0 Å². The van der Waals surface area contributed by atoms with E-state index in [0.29, 0.717) is 0 Å². The zero-order valence-corrected chi connectivity index (χ0v) is 9.97. The third kappa shape index (κ3) is 3.95. The Kier molecular flexibility index (Phi) is 6.26. The predicted octanol–water partition coefficient (Wildman–Crippen LogP) is 2.99. The van der Waals surface area contributed by atoms with Gasteiger partial charge in [0.1, 0.15) is 0 Å². The minimum absolute atomic E-state index is 0.121. The lowest BCUT2D eigenvalue weighted by atomic mass is 10.1. The summed E-state index contributed by atoms with van der Waals surface area (Å²) in [5, 5.41) is 0. The van der Waals surface area contributed by atoms with Crippen LogP contribution in [0.2, 0.25) is 0 Å². The molecule has 2 heteroatoms. The fourth-order valence-electron chi connectivity index (χ4n) is 1.28. The molecule has 0 aliphatic rings. The van der Waals surface area contributed by atoms with Gasteiger partial charge in [-0.05, 0) is 26.7 Å². The largest absolute Gasteiger partial charge is 0.337 e. The van der Waals surface area contributed by atoms with Crippen LogP contribution in [0.1, 0.15) is 47.0 Å². The van der Waals surface area contributed by atoms with Gasteiger partial charge in [0.25, 0.3) is 0 Å². The van der Waals surface area contributed by atoms with Crippen LogP contribution >= 0.6 is 0 Å². The summed E-state index contributed by atoms with van der Waals surface area (Å²) in [6.45, 7) is 12.9. The van der Waals surface area contributed by atoms with Gasteiger partial charge < -0.3 is 4.90 Å². The average molecular weight is 197 g/mol. The third-order valence-electron chi connectivity index (χ3n) is 2.37. The summed E-state index contributed by atoms with van der Waals surface area (Å²) >= 11 is 0. The number of hydrogen-bond donors (Lipinski definition) is 0. The molecule has 82 valence electrons. The fourth-order valence-corrected chi connectivity index (χ4v) is 1.28. The second kappa shape index (κ2) is 6.63. The highest BCUT2D eigenvalue weighted by molar-refractivity contribution is 5.92. The van der Waals surface area contributed by atoms with Gasteiger partial charge in [0.15, 0.2) is 0 Å². The van der Waals surface area contributed by atoms with Crippen LogP contribution in [-0.2, 0) is 4.79 Å². The van der Waals surface area contributed by atoms with Gasteiger partial charge in [0, 0.05) is 18.2 Å². The fraction of sp³-hybridized carbons (Fsp3) is 0.750. The first-order chi connectivity index (χ1) is 6.54. The highest BCUT2D eigenvalue weighted by Crippen LogP contribution is 2.09. The van der Waals surface area contributed by atoms with E-state index in [-0.39, 0.29) is 11.9 Å². The maximum absolute atomic E-state index is 11.8. The summed E-state index contributed by atoms with van der Waals surface area (Å²) in [5.74, 6) is 0.121. The minimum Gasteiger partial charge on any atom is -0.337 e. The Labute approximate surface area is 88.0 Å². The van der Waals surface area contributed by atoms with E-state index in [2.05, 4.69) is 27.4 Å². The van der Waals surface area contributed by atoms with Crippen molar-refractivity contribution in [2.45, 2.75) is 53.0 Å². The number of unbranched alkanes of at least 4 members (excludes halogenated alkanes) is 1. The van der Waals surface area contributed by atoms with Gasteiger partial charge in [0.2, 0.25) is 5.91 Å². The average Bonchev–Trinajstić information content (AvgIpc) is 2.16. The number of amides is 1. The normalized spacial score (nSPS) is 10.4. The first-order valence-electron chi connectivity index (χ1n) is 5.53. The van der Waals surface area contributed by atoms with Crippen LogP contribution in [0.25, 0.3) is 0 Å². The molecule has 0 aliphatic heterocycles. The molecule has 14 heavy (non-hydrogen) atoms. The van der Waals surface area contributed by atoms with Gasteiger partial charge in [-0.1, -0.05) is 26.8 Å². The quantitative estimate of drug-likeness (QED) is 0.599. The standard InChI is InChI=1S/C12H23NO/c1-6-8-9-13(10(3)4)12(14)11(5)7-2/h10H,5-9H2,1-4H3. The van der Waals surface area contributed by atoms with Crippen LogP contribution in [0.4, 0.5) is 0 Å². The van der Waals surface area contributed by atoms with Gasteiger partial charge in [-0.25, -0.2) is 0 Å². The molecular formula is C12H23NO. The molecule has 0 heterocycles. The van der Waals surface area contributed by atoms with Crippen molar-refractivity contribution < 1.29 is 4.79 Å². The maximum atomic E-state index is 11.8. The molecule has 0 saturated carbocycles. The van der Waals surface area contributed by atoms with Crippen LogP contribution < -0.4 is 0 Å². The molecule has 0 atom stereocenters. The SMILES string of the molecule is C=C(CC)C(=O)N(CCCC)C(C)C. The van der Waals surface area contributed by atoms with Crippen molar-refractivity contribution in [2.75, 3.05) is 6.54 Å². The molecule has 0 bridgehead atoms. The summed E-state index contributed by atoms with van der Waals surface area (Å²) in [6.07, 6.45) is 2.93. The summed E-state index contributed by atoms with van der Waals surface area (Å²) in [6, 6.07) is 0.275. The smallest absolute Gasteiger partial charge is 0.249 e. The number of rotatable bonds is 6. The lowest BCUT2D eigenvalue weighted by Gasteiger charge is -2.27. The number of hydrogen-bond acceptors (Lipinski definition) is 1. The van der Waals surface area contributed by atoms with Crippen molar-refractivity contribution in [2.24, 2.45) is 0 Å². The second-order valence-electron chi connectivity index (χ2n) is 3.90. The number of carbonyl (C=O) groups is 1. The third-order valence-corrected chi connectivity index (χ3v) is 2.37. The zero-order valence-electron chi connectivity index (χ0n) is 9.97. The molecule has 0 N–H and O–H groups in total. The summed E-state index contributed by atoms with van der Waals surface area (Å²) in [7, 11) is 0. The Hall–Kier alpha value is -0.790. The summed E-state index contributed by atoms with van der Waals surface area (Å²) in [4.78, 5) is 13.8. The van der Waals surface area contributed by atoms with Crippen molar-refractivity contribution in [3.05, 3.63) is 12.2 Å². The Morgan fingerprint density at radius 2 is 1.93 bits per heavy atom. The Balaban J connectivity index is 4.33. The van der Waals surface area contributed by atoms with Gasteiger partial charge in [-0.15, -0.1) is 0 Å². The van der Waals surface area contributed by atoms with Crippen molar-refractivity contribution in [3.63, 3.8) is 0 Å². The van der Waals surface area contributed by atoms with Crippen molar-refractivity contribution in [1.29, 1.82) is 0 Å². The number of nitrogens with zero attached hydrogens (tertiary/aromatic N) is 1. The minimum atomic E-state index is 0.121.